The molecule has 0 saturated carbocycles. The topological polar surface area (TPSA) is 32.3 Å². The fourth-order valence-corrected chi connectivity index (χ4v) is 2.10. The molecule has 0 spiro atoms. The second kappa shape index (κ2) is 3.71. The van der Waals surface area contributed by atoms with Crippen LogP contribution < -0.4 is 5.32 Å². The summed E-state index contributed by atoms with van der Waals surface area (Å²) in [5.74, 6) is 0. The highest BCUT2D eigenvalue weighted by atomic mass is 79.9. The maximum Gasteiger partial charge on any atom is 0.157 e. The monoisotopic (exact) mass is 254 g/mol. The first-order valence-corrected chi connectivity index (χ1v) is 5.21. The van der Waals surface area contributed by atoms with E-state index in [1.807, 2.05) is 30.1 Å². The number of carbonyl (C=O) groups excluding carboxylic acids is 1. The van der Waals surface area contributed by atoms with Crippen LogP contribution in [0.4, 0.5) is 5.69 Å². The number of anilines is 1. The molecule has 74 valence electrons. The van der Waals surface area contributed by atoms with Crippen LogP contribution in [-0.4, -0.2) is 24.4 Å². The number of likely N-dealkylation sites (N-methyl/N-ethyl adjacent to an activating group) is 1. The van der Waals surface area contributed by atoms with E-state index in [0.717, 1.165) is 23.0 Å². The molecule has 1 aliphatic heterocycles. The molecule has 0 radical (unpaired) electrons. The smallest absolute Gasteiger partial charge is 0.157 e. The van der Waals surface area contributed by atoms with E-state index >= 15 is 0 Å². The Morgan fingerprint density at radius 2 is 2.43 bits per heavy atom. The zero-order valence-corrected chi connectivity index (χ0v) is 9.41. The molecule has 0 fully saturated rings. The molecule has 0 aromatic heterocycles. The fraction of sp³-hybridized carbons (Fsp3) is 0.300. The van der Waals surface area contributed by atoms with E-state index in [1.165, 1.54) is 5.56 Å². The van der Waals surface area contributed by atoms with Crippen molar-refractivity contribution in [3.05, 3.63) is 28.2 Å². The first-order chi connectivity index (χ1) is 6.72. The Labute approximate surface area is 91.2 Å². The summed E-state index contributed by atoms with van der Waals surface area (Å²) in [5, 5.41) is 3.17. The van der Waals surface area contributed by atoms with Crippen LogP contribution in [0.25, 0.3) is 0 Å². The van der Waals surface area contributed by atoms with Gasteiger partial charge in [0.1, 0.15) is 6.17 Å². The zero-order valence-electron chi connectivity index (χ0n) is 7.83. The van der Waals surface area contributed by atoms with Crippen molar-refractivity contribution in [3.8, 4) is 0 Å². The minimum Gasteiger partial charge on any atom is -0.363 e. The number of aldehydes is 1. The van der Waals surface area contributed by atoms with Crippen molar-refractivity contribution in [1.29, 1.82) is 0 Å². The summed E-state index contributed by atoms with van der Waals surface area (Å²) in [5.41, 5.74) is 2.24. The second-order valence-corrected chi connectivity index (χ2v) is 4.26. The van der Waals surface area contributed by atoms with Gasteiger partial charge < -0.3 is 5.32 Å². The molecule has 1 aromatic carbocycles. The van der Waals surface area contributed by atoms with E-state index in [-0.39, 0.29) is 6.17 Å². The molecule has 1 heterocycles. The summed E-state index contributed by atoms with van der Waals surface area (Å²) in [6.07, 6.45) is 0.709. The van der Waals surface area contributed by atoms with Crippen molar-refractivity contribution in [2.24, 2.45) is 0 Å². The normalized spacial score (nSPS) is 21.1. The fourth-order valence-electron chi connectivity index (χ4n) is 1.61. The lowest BCUT2D eigenvalue weighted by Gasteiger charge is -2.32. The first-order valence-electron chi connectivity index (χ1n) is 4.42. The molecule has 1 aromatic rings. The number of fused-ring (bicyclic) bond motifs is 1. The first kappa shape index (κ1) is 9.68. The van der Waals surface area contributed by atoms with E-state index in [0.29, 0.717) is 0 Å². The molecular formula is C10H11BrN2O. The van der Waals surface area contributed by atoms with Gasteiger partial charge in [-0.2, -0.15) is 0 Å². The highest BCUT2D eigenvalue weighted by molar-refractivity contribution is 9.10. The maximum atomic E-state index is 10.7. The van der Waals surface area contributed by atoms with Gasteiger partial charge in [0, 0.05) is 22.3 Å². The van der Waals surface area contributed by atoms with Crippen LogP contribution in [0.15, 0.2) is 22.7 Å². The summed E-state index contributed by atoms with van der Waals surface area (Å²) in [4.78, 5) is 12.7. The SMILES string of the molecule is CN1Cc2c(Br)cccc2NC1C=O. The number of rotatable bonds is 1. The Kier molecular flexibility index (Phi) is 2.56. The Morgan fingerprint density at radius 3 is 3.14 bits per heavy atom. The van der Waals surface area contributed by atoms with Gasteiger partial charge >= 0.3 is 0 Å². The summed E-state index contributed by atoms with van der Waals surface area (Å²) in [6, 6.07) is 5.96. The van der Waals surface area contributed by atoms with Gasteiger partial charge in [0.2, 0.25) is 0 Å². The van der Waals surface area contributed by atoms with Crippen LogP contribution in [0.5, 0.6) is 0 Å². The highest BCUT2D eigenvalue weighted by Crippen LogP contribution is 2.29. The number of nitrogens with one attached hydrogen (secondary N) is 1. The van der Waals surface area contributed by atoms with Gasteiger partial charge in [-0.1, -0.05) is 22.0 Å². The van der Waals surface area contributed by atoms with Gasteiger partial charge in [-0.3, -0.25) is 9.69 Å². The molecule has 0 amide bonds. The summed E-state index contributed by atoms with van der Waals surface area (Å²) in [6.45, 7) is 0.785. The molecule has 1 aliphatic rings. The minimum atomic E-state index is -0.211. The van der Waals surface area contributed by atoms with Crippen LogP contribution in [0.2, 0.25) is 0 Å². The number of halogens is 1. The highest BCUT2D eigenvalue weighted by Gasteiger charge is 2.22. The average molecular weight is 255 g/mol. The van der Waals surface area contributed by atoms with E-state index in [4.69, 9.17) is 0 Å². The molecule has 3 nitrogen and oxygen atoms in total. The molecule has 14 heavy (non-hydrogen) atoms. The molecule has 1 N–H and O–H groups in total. The number of nitrogens with zero attached hydrogens (tertiary/aromatic N) is 1. The van der Waals surface area contributed by atoms with E-state index < -0.39 is 0 Å². The van der Waals surface area contributed by atoms with Gasteiger partial charge in [0.25, 0.3) is 0 Å². The van der Waals surface area contributed by atoms with E-state index in [9.17, 15) is 4.79 Å². The zero-order chi connectivity index (χ0) is 10.1. The Hall–Kier alpha value is -0.870. The van der Waals surface area contributed by atoms with Crippen molar-refractivity contribution in [1.82, 2.24) is 4.90 Å². The molecule has 4 heteroatoms. The van der Waals surface area contributed by atoms with Gasteiger partial charge in [0.15, 0.2) is 6.29 Å². The third-order valence-electron chi connectivity index (χ3n) is 2.43. The third-order valence-corrected chi connectivity index (χ3v) is 3.18. The molecule has 1 atom stereocenters. The molecule has 1 unspecified atom stereocenters. The summed E-state index contributed by atoms with van der Waals surface area (Å²) < 4.78 is 1.08. The Bertz CT molecular complexity index is 367. The number of hydrogen-bond acceptors (Lipinski definition) is 3. The van der Waals surface area contributed by atoms with Crippen LogP contribution in [0.1, 0.15) is 5.56 Å². The van der Waals surface area contributed by atoms with E-state index in [1.54, 1.807) is 0 Å². The summed E-state index contributed by atoms with van der Waals surface area (Å²) >= 11 is 3.50. The predicted molar refractivity (Wildman–Crippen MR) is 59.1 cm³/mol. The lowest BCUT2D eigenvalue weighted by atomic mass is 10.1. The number of carbonyl (C=O) groups is 1. The Balaban J connectivity index is 2.39. The number of benzene rings is 1. The molecule has 0 saturated heterocycles. The van der Waals surface area contributed by atoms with Gasteiger partial charge in [-0.25, -0.2) is 0 Å². The molecule has 0 aliphatic carbocycles. The third kappa shape index (κ3) is 1.55. The van der Waals surface area contributed by atoms with Gasteiger partial charge in [-0.15, -0.1) is 0 Å². The van der Waals surface area contributed by atoms with Crippen molar-refractivity contribution in [2.45, 2.75) is 12.7 Å². The quantitative estimate of drug-likeness (QED) is 0.777. The van der Waals surface area contributed by atoms with Crippen LogP contribution in [-0.2, 0) is 11.3 Å². The van der Waals surface area contributed by atoms with Crippen molar-refractivity contribution in [3.63, 3.8) is 0 Å². The average Bonchev–Trinajstić information content (AvgIpc) is 2.19. The van der Waals surface area contributed by atoms with Crippen LogP contribution in [0, 0.1) is 0 Å². The molecule has 0 bridgehead atoms. The minimum absolute atomic E-state index is 0.211. The Morgan fingerprint density at radius 1 is 1.64 bits per heavy atom. The summed E-state index contributed by atoms with van der Waals surface area (Å²) in [7, 11) is 1.93. The van der Waals surface area contributed by atoms with Gasteiger partial charge in [-0.05, 0) is 19.2 Å². The predicted octanol–water partition coefficient (Wildman–Crippen LogP) is 1.83. The van der Waals surface area contributed by atoms with Crippen molar-refractivity contribution < 1.29 is 4.79 Å². The standard InChI is InChI=1S/C10H11BrN2O/c1-13-5-7-8(11)3-2-4-9(7)12-10(13)6-14/h2-4,6,10,12H,5H2,1H3. The van der Waals surface area contributed by atoms with Crippen LogP contribution in [0.3, 0.4) is 0 Å². The lowest BCUT2D eigenvalue weighted by molar-refractivity contribution is -0.111. The number of hydrogen-bond donors (Lipinski definition) is 1. The van der Waals surface area contributed by atoms with Crippen molar-refractivity contribution >= 4 is 27.9 Å². The lowest BCUT2D eigenvalue weighted by Crippen LogP contribution is -2.42. The molecule has 2 rings (SSSR count). The van der Waals surface area contributed by atoms with Gasteiger partial charge in [0.05, 0.1) is 0 Å². The van der Waals surface area contributed by atoms with Crippen LogP contribution >= 0.6 is 15.9 Å². The maximum absolute atomic E-state index is 10.7. The second-order valence-electron chi connectivity index (χ2n) is 3.41. The molecular weight excluding hydrogens is 244 g/mol. The van der Waals surface area contributed by atoms with E-state index in [2.05, 4.69) is 21.2 Å². The van der Waals surface area contributed by atoms with Crippen molar-refractivity contribution in [2.75, 3.05) is 12.4 Å². The largest absolute Gasteiger partial charge is 0.363 e.